The van der Waals surface area contributed by atoms with E-state index < -0.39 is 11.7 Å². The average Bonchev–Trinajstić information content (AvgIpc) is 2.38. The quantitative estimate of drug-likeness (QED) is 0.892. The van der Waals surface area contributed by atoms with Crippen LogP contribution >= 0.6 is 0 Å². The van der Waals surface area contributed by atoms with E-state index in [2.05, 4.69) is 0 Å². The van der Waals surface area contributed by atoms with Gasteiger partial charge in [-0.15, -0.1) is 0 Å². The van der Waals surface area contributed by atoms with Gasteiger partial charge in [0.05, 0.1) is 5.56 Å². The molecule has 0 saturated carbocycles. The van der Waals surface area contributed by atoms with E-state index >= 15 is 0 Å². The van der Waals surface area contributed by atoms with E-state index in [1.54, 1.807) is 6.07 Å². The van der Waals surface area contributed by atoms with E-state index in [-0.39, 0.29) is 6.04 Å². The minimum Gasteiger partial charge on any atom is -0.328 e. The van der Waals surface area contributed by atoms with E-state index in [9.17, 15) is 13.2 Å². The van der Waals surface area contributed by atoms with E-state index in [4.69, 9.17) is 5.73 Å². The van der Waals surface area contributed by atoms with Crippen LogP contribution in [0.4, 0.5) is 13.2 Å². The lowest BCUT2D eigenvalue weighted by Gasteiger charge is -2.10. The first-order valence-electron chi connectivity index (χ1n) is 6.38. The van der Waals surface area contributed by atoms with Crippen molar-refractivity contribution in [2.45, 2.75) is 25.6 Å². The van der Waals surface area contributed by atoms with Crippen molar-refractivity contribution in [2.24, 2.45) is 5.73 Å². The largest absolute Gasteiger partial charge is 0.416 e. The zero-order valence-corrected chi connectivity index (χ0v) is 11.1. The molecule has 20 heavy (non-hydrogen) atoms. The Bertz CT molecular complexity index is 571. The third-order valence-electron chi connectivity index (χ3n) is 3.03. The summed E-state index contributed by atoms with van der Waals surface area (Å²) in [6.45, 7) is 1.92. The summed E-state index contributed by atoms with van der Waals surface area (Å²) in [5.41, 5.74) is 7.50. The second-order valence-corrected chi connectivity index (χ2v) is 4.96. The summed E-state index contributed by atoms with van der Waals surface area (Å²) in [7, 11) is 0. The molecule has 1 atom stereocenters. The van der Waals surface area contributed by atoms with Crippen LogP contribution in [0.5, 0.6) is 0 Å². The van der Waals surface area contributed by atoms with Crippen LogP contribution in [0.3, 0.4) is 0 Å². The van der Waals surface area contributed by atoms with Gasteiger partial charge in [0.2, 0.25) is 0 Å². The van der Waals surface area contributed by atoms with Crippen LogP contribution in [0.2, 0.25) is 0 Å². The second-order valence-electron chi connectivity index (χ2n) is 4.96. The summed E-state index contributed by atoms with van der Waals surface area (Å²) >= 11 is 0. The molecule has 0 aliphatic heterocycles. The van der Waals surface area contributed by atoms with Crippen LogP contribution in [0.1, 0.15) is 18.1 Å². The lowest BCUT2D eigenvalue weighted by Crippen LogP contribution is -2.17. The molecule has 0 heterocycles. The van der Waals surface area contributed by atoms with E-state index in [0.717, 1.165) is 23.6 Å². The minimum absolute atomic E-state index is 0.0643. The molecule has 2 N–H and O–H groups in total. The maximum absolute atomic E-state index is 12.7. The minimum atomic E-state index is -4.31. The number of hydrogen-bond acceptors (Lipinski definition) is 1. The number of nitrogens with two attached hydrogens (primary N) is 1. The number of halogens is 3. The Hall–Kier alpha value is -1.81. The van der Waals surface area contributed by atoms with Gasteiger partial charge in [0, 0.05) is 6.04 Å². The number of benzene rings is 2. The van der Waals surface area contributed by atoms with Crippen LogP contribution in [-0.4, -0.2) is 6.04 Å². The lowest BCUT2D eigenvalue weighted by atomic mass is 10.00. The molecule has 0 aromatic heterocycles. The van der Waals surface area contributed by atoms with Gasteiger partial charge in [-0.05, 0) is 42.2 Å². The van der Waals surface area contributed by atoms with Crippen molar-refractivity contribution in [1.29, 1.82) is 0 Å². The standard InChI is InChI=1S/C16H16F3N/c1-11(20)9-12-5-7-13(8-6-12)14-3-2-4-15(10-14)16(17,18)19/h2-8,10-11H,9,20H2,1H3. The number of alkyl halides is 3. The van der Waals surface area contributed by atoms with Gasteiger partial charge in [-0.3, -0.25) is 0 Å². The molecule has 2 rings (SSSR count). The van der Waals surface area contributed by atoms with Crippen LogP contribution in [-0.2, 0) is 12.6 Å². The molecule has 2 aromatic carbocycles. The molecule has 4 heteroatoms. The van der Waals surface area contributed by atoms with Gasteiger partial charge in [-0.25, -0.2) is 0 Å². The normalized spacial score (nSPS) is 13.2. The zero-order chi connectivity index (χ0) is 14.8. The van der Waals surface area contributed by atoms with Crippen molar-refractivity contribution in [3.63, 3.8) is 0 Å². The van der Waals surface area contributed by atoms with Crippen molar-refractivity contribution in [3.8, 4) is 11.1 Å². The maximum atomic E-state index is 12.7. The molecule has 0 radical (unpaired) electrons. The molecule has 0 aliphatic carbocycles. The van der Waals surface area contributed by atoms with Gasteiger partial charge in [0.25, 0.3) is 0 Å². The molecule has 0 fully saturated rings. The first kappa shape index (κ1) is 14.6. The monoisotopic (exact) mass is 279 g/mol. The third kappa shape index (κ3) is 3.61. The molecular formula is C16H16F3N. The highest BCUT2D eigenvalue weighted by Gasteiger charge is 2.30. The summed E-state index contributed by atoms with van der Waals surface area (Å²) in [4.78, 5) is 0. The molecule has 0 spiro atoms. The fourth-order valence-electron chi connectivity index (χ4n) is 2.08. The van der Waals surface area contributed by atoms with Crippen molar-refractivity contribution in [2.75, 3.05) is 0 Å². The smallest absolute Gasteiger partial charge is 0.328 e. The second kappa shape index (κ2) is 5.67. The van der Waals surface area contributed by atoms with Gasteiger partial charge >= 0.3 is 6.18 Å². The topological polar surface area (TPSA) is 26.0 Å². The molecule has 0 aliphatic rings. The van der Waals surface area contributed by atoms with Crippen molar-refractivity contribution in [1.82, 2.24) is 0 Å². The van der Waals surface area contributed by atoms with Crippen LogP contribution in [0.25, 0.3) is 11.1 Å². The number of hydrogen-bond donors (Lipinski definition) is 1. The molecule has 2 aromatic rings. The molecule has 1 nitrogen and oxygen atoms in total. The van der Waals surface area contributed by atoms with Gasteiger partial charge in [0.1, 0.15) is 0 Å². The highest BCUT2D eigenvalue weighted by molar-refractivity contribution is 5.64. The first-order chi connectivity index (χ1) is 9.36. The van der Waals surface area contributed by atoms with E-state index in [1.807, 2.05) is 31.2 Å². The summed E-state index contributed by atoms with van der Waals surface area (Å²) in [6, 6.07) is 12.9. The highest BCUT2D eigenvalue weighted by atomic mass is 19.4. The fraction of sp³-hybridized carbons (Fsp3) is 0.250. The van der Waals surface area contributed by atoms with Crippen molar-refractivity contribution in [3.05, 3.63) is 59.7 Å². The van der Waals surface area contributed by atoms with Crippen molar-refractivity contribution >= 4 is 0 Å². The Morgan fingerprint density at radius 3 is 2.20 bits per heavy atom. The van der Waals surface area contributed by atoms with Crippen LogP contribution in [0, 0.1) is 0 Å². The summed E-state index contributed by atoms with van der Waals surface area (Å²) < 4.78 is 38.0. The van der Waals surface area contributed by atoms with Crippen LogP contribution < -0.4 is 5.73 Å². The molecule has 0 bridgehead atoms. The Labute approximate surface area is 116 Å². The van der Waals surface area contributed by atoms with Crippen molar-refractivity contribution < 1.29 is 13.2 Å². The van der Waals surface area contributed by atoms with Crippen LogP contribution in [0.15, 0.2) is 48.5 Å². The Morgan fingerprint density at radius 2 is 1.65 bits per heavy atom. The molecule has 0 amide bonds. The first-order valence-corrected chi connectivity index (χ1v) is 6.38. The predicted octanol–water partition coefficient (Wildman–Crippen LogP) is 4.26. The third-order valence-corrected chi connectivity index (χ3v) is 3.03. The van der Waals surface area contributed by atoms with E-state index in [1.165, 1.54) is 12.1 Å². The Morgan fingerprint density at radius 1 is 1.00 bits per heavy atom. The fourth-order valence-corrected chi connectivity index (χ4v) is 2.08. The summed E-state index contributed by atoms with van der Waals surface area (Å²) in [5.74, 6) is 0. The molecular weight excluding hydrogens is 263 g/mol. The Balaban J connectivity index is 2.28. The molecule has 0 saturated heterocycles. The van der Waals surface area contributed by atoms with Gasteiger partial charge in [-0.1, -0.05) is 36.4 Å². The van der Waals surface area contributed by atoms with Gasteiger partial charge in [0.15, 0.2) is 0 Å². The van der Waals surface area contributed by atoms with Gasteiger partial charge in [-0.2, -0.15) is 13.2 Å². The molecule has 106 valence electrons. The highest BCUT2D eigenvalue weighted by Crippen LogP contribution is 2.32. The summed E-state index contributed by atoms with van der Waals surface area (Å²) in [5, 5.41) is 0. The van der Waals surface area contributed by atoms with Gasteiger partial charge < -0.3 is 5.73 Å². The average molecular weight is 279 g/mol. The predicted molar refractivity (Wildman–Crippen MR) is 74.2 cm³/mol. The zero-order valence-electron chi connectivity index (χ0n) is 11.1. The number of rotatable bonds is 3. The summed E-state index contributed by atoms with van der Waals surface area (Å²) in [6.07, 6.45) is -3.56. The Kier molecular flexibility index (Phi) is 4.14. The molecule has 1 unspecified atom stereocenters. The lowest BCUT2D eigenvalue weighted by molar-refractivity contribution is -0.137. The SMILES string of the molecule is CC(N)Cc1ccc(-c2cccc(C(F)(F)F)c2)cc1. The van der Waals surface area contributed by atoms with E-state index in [0.29, 0.717) is 5.56 Å². The maximum Gasteiger partial charge on any atom is 0.416 e.